The molecule has 0 amide bonds. The van der Waals surface area contributed by atoms with Gasteiger partial charge in [0.05, 0.1) is 6.10 Å². The molecule has 0 aromatic rings. The SMILES string of the molecule is CCCCN(CC)CC(O)CN. The van der Waals surface area contributed by atoms with Gasteiger partial charge in [-0.1, -0.05) is 20.3 Å². The smallest absolute Gasteiger partial charge is 0.0789 e. The van der Waals surface area contributed by atoms with Gasteiger partial charge in [0, 0.05) is 13.1 Å². The van der Waals surface area contributed by atoms with E-state index in [1.165, 1.54) is 12.8 Å². The summed E-state index contributed by atoms with van der Waals surface area (Å²) in [6, 6.07) is 0. The molecule has 0 aliphatic heterocycles. The predicted octanol–water partition coefficient (Wildman–Crippen LogP) is 0.428. The lowest BCUT2D eigenvalue weighted by Crippen LogP contribution is -2.36. The van der Waals surface area contributed by atoms with Crippen LogP contribution in [0.1, 0.15) is 26.7 Å². The summed E-state index contributed by atoms with van der Waals surface area (Å²) in [5.41, 5.74) is 5.33. The molecule has 0 spiro atoms. The summed E-state index contributed by atoms with van der Waals surface area (Å²) in [5, 5.41) is 9.29. The molecule has 0 saturated carbocycles. The van der Waals surface area contributed by atoms with Crippen LogP contribution in [0.5, 0.6) is 0 Å². The summed E-state index contributed by atoms with van der Waals surface area (Å²) in [6.07, 6.45) is 2.04. The zero-order valence-corrected chi connectivity index (χ0v) is 8.29. The van der Waals surface area contributed by atoms with E-state index >= 15 is 0 Å². The van der Waals surface area contributed by atoms with Crippen LogP contribution in [0.15, 0.2) is 0 Å². The Labute approximate surface area is 75.6 Å². The number of unbranched alkanes of at least 4 members (excludes halogenated alkanes) is 1. The Morgan fingerprint density at radius 2 is 2.08 bits per heavy atom. The number of hydrogen-bond acceptors (Lipinski definition) is 3. The van der Waals surface area contributed by atoms with Gasteiger partial charge >= 0.3 is 0 Å². The minimum absolute atomic E-state index is 0.359. The number of nitrogens with two attached hydrogens (primary N) is 1. The number of rotatable bonds is 7. The molecule has 0 fully saturated rings. The lowest BCUT2D eigenvalue weighted by Gasteiger charge is -2.22. The second-order valence-electron chi connectivity index (χ2n) is 3.14. The van der Waals surface area contributed by atoms with E-state index in [4.69, 9.17) is 5.73 Å². The van der Waals surface area contributed by atoms with Crippen LogP contribution in [0.4, 0.5) is 0 Å². The van der Waals surface area contributed by atoms with Crippen molar-refractivity contribution in [2.45, 2.75) is 32.8 Å². The van der Waals surface area contributed by atoms with Gasteiger partial charge in [-0.15, -0.1) is 0 Å². The third-order valence-electron chi connectivity index (χ3n) is 2.02. The molecule has 0 radical (unpaired) electrons. The van der Waals surface area contributed by atoms with Crippen LogP contribution in [0, 0.1) is 0 Å². The molecule has 12 heavy (non-hydrogen) atoms. The largest absolute Gasteiger partial charge is 0.390 e. The van der Waals surface area contributed by atoms with Gasteiger partial charge in [0.25, 0.3) is 0 Å². The Balaban J connectivity index is 3.51. The van der Waals surface area contributed by atoms with Crippen molar-refractivity contribution < 1.29 is 5.11 Å². The van der Waals surface area contributed by atoms with Crippen molar-refractivity contribution in [3.8, 4) is 0 Å². The zero-order valence-electron chi connectivity index (χ0n) is 8.29. The standard InChI is InChI=1S/C9H22N2O/c1-3-5-6-11(4-2)8-9(12)7-10/h9,12H,3-8,10H2,1-2H3. The van der Waals surface area contributed by atoms with Gasteiger partial charge in [-0.2, -0.15) is 0 Å². The molecule has 0 aliphatic rings. The van der Waals surface area contributed by atoms with E-state index in [2.05, 4.69) is 18.7 Å². The molecule has 0 saturated heterocycles. The number of likely N-dealkylation sites (N-methyl/N-ethyl adjacent to an activating group) is 1. The van der Waals surface area contributed by atoms with E-state index in [1.54, 1.807) is 0 Å². The van der Waals surface area contributed by atoms with Crippen molar-refractivity contribution in [1.82, 2.24) is 4.90 Å². The van der Waals surface area contributed by atoms with Crippen LogP contribution in [0.25, 0.3) is 0 Å². The molecule has 1 unspecified atom stereocenters. The van der Waals surface area contributed by atoms with Gasteiger partial charge in [-0.3, -0.25) is 0 Å². The van der Waals surface area contributed by atoms with Crippen molar-refractivity contribution >= 4 is 0 Å². The average molecular weight is 174 g/mol. The molecular formula is C9H22N2O. The molecular weight excluding hydrogens is 152 g/mol. The highest BCUT2D eigenvalue weighted by molar-refractivity contribution is 4.63. The van der Waals surface area contributed by atoms with E-state index < -0.39 is 0 Å². The Kier molecular flexibility index (Phi) is 7.45. The van der Waals surface area contributed by atoms with Gasteiger partial charge in [0.2, 0.25) is 0 Å². The molecule has 0 rings (SSSR count). The van der Waals surface area contributed by atoms with E-state index in [0.717, 1.165) is 13.1 Å². The monoisotopic (exact) mass is 174 g/mol. The lowest BCUT2D eigenvalue weighted by atomic mass is 10.2. The molecule has 3 N–H and O–H groups in total. The van der Waals surface area contributed by atoms with Crippen LogP contribution in [-0.2, 0) is 0 Å². The van der Waals surface area contributed by atoms with E-state index in [1.807, 2.05) is 0 Å². The number of aliphatic hydroxyl groups is 1. The third-order valence-corrected chi connectivity index (χ3v) is 2.02. The number of aliphatic hydroxyl groups excluding tert-OH is 1. The Morgan fingerprint density at radius 3 is 2.50 bits per heavy atom. The molecule has 0 aromatic heterocycles. The number of hydrogen-bond donors (Lipinski definition) is 2. The van der Waals surface area contributed by atoms with Crippen LogP contribution in [0.2, 0.25) is 0 Å². The summed E-state index contributed by atoms with van der Waals surface area (Å²) < 4.78 is 0. The highest BCUT2D eigenvalue weighted by Crippen LogP contribution is 1.96. The summed E-state index contributed by atoms with van der Waals surface area (Å²) in [6.45, 7) is 7.43. The first kappa shape index (κ1) is 11.9. The fourth-order valence-electron chi connectivity index (χ4n) is 1.13. The molecule has 0 aromatic carbocycles. The summed E-state index contributed by atoms with van der Waals surface area (Å²) in [4.78, 5) is 2.24. The molecule has 3 heteroatoms. The summed E-state index contributed by atoms with van der Waals surface area (Å²) in [5.74, 6) is 0. The average Bonchev–Trinajstić information content (AvgIpc) is 2.11. The molecule has 3 nitrogen and oxygen atoms in total. The fourth-order valence-corrected chi connectivity index (χ4v) is 1.13. The lowest BCUT2D eigenvalue weighted by molar-refractivity contribution is 0.120. The van der Waals surface area contributed by atoms with Gasteiger partial charge < -0.3 is 15.7 Å². The highest BCUT2D eigenvalue weighted by atomic mass is 16.3. The van der Waals surface area contributed by atoms with Crippen LogP contribution < -0.4 is 5.73 Å². The first-order valence-corrected chi connectivity index (χ1v) is 4.85. The summed E-state index contributed by atoms with van der Waals surface area (Å²) >= 11 is 0. The van der Waals surface area contributed by atoms with Crippen molar-refractivity contribution in [2.24, 2.45) is 5.73 Å². The van der Waals surface area contributed by atoms with Gasteiger partial charge in [0.1, 0.15) is 0 Å². The Bertz CT molecular complexity index is 98.5. The minimum atomic E-state index is -0.359. The van der Waals surface area contributed by atoms with Crippen molar-refractivity contribution in [2.75, 3.05) is 26.2 Å². The van der Waals surface area contributed by atoms with Crippen molar-refractivity contribution in [1.29, 1.82) is 0 Å². The topological polar surface area (TPSA) is 49.5 Å². The normalized spacial score (nSPS) is 13.8. The Hall–Kier alpha value is -0.120. The van der Waals surface area contributed by atoms with Crippen LogP contribution in [-0.4, -0.2) is 42.3 Å². The molecule has 74 valence electrons. The van der Waals surface area contributed by atoms with Crippen LogP contribution in [0.3, 0.4) is 0 Å². The fraction of sp³-hybridized carbons (Fsp3) is 1.00. The van der Waals surface area contributed by atoms with Crippen molar-refractivity contribution in [3.05, 3.63) is 0 Å². The van der Waals surface area contributed by atoms with Crippen LogP contribution >= 0.6 is 0 Å². The maximum Gasteiger partial charge on any atom is 0.0789 e. The minimum Gasteiger partial charge on any atom is -0.390 e. The maximum absolute atomic E-state index is 9.29. The van der Waals surface area contributed by atoms with E-state index in [0.29, 0.717) is 13.1 Å². The van der Waals surface area contributed by atoms with Crippen molar-refractivity contribution in [3.63, 3.8) is 0 Å². The third kappa shape index (κ3) is 5.52. The van der Waals surface area contributed by atoms with Gasteiger partial charge in [0.15, 0.2) is 0 Å². The van der Waals surface area contributed by atoms with E-state index in [9.17, 15) is 5.11 Å². The first-order valence-electron chi connectivity index (χ1n) is 4.85. The van der Waals surface area contributed by atoms with Gasteiger partial charge in [-0.05, 0) is 19.5 Å². The van der Waals surface area contributed by atoms with Gasteiger partial charge in [-0.25, -0.2) is 0 Å². The first-order chi connectivity index (χ1) is 5.74. The summed E-state index contributed by atoms with van der Waals surface area (Å²) in [7, 11) is 0. The zero-order chi connectivity index (χ0) is 9.40. The molecule has 1 atom stereocenters. The molecule has 0 aliphatic carbocycles. The van der Waals surface area contributed by atoms with E-state index in [-0.39, 0.29) is 6.10 Å². The quantitative estimate of drug-likeness (QED) is 0.588. The second kappa shape index (κ2) is 7.53. The Morgan fingerprint density at radius 1 is 1.42 bits per heavy atom. The maximum atomic E-state index is 9.29. The second-order valence-corrected chi connectivity index (χ2v) is 3.14. The predicted molar refractivity (Wildman–Crippen MR) is 52.1 cm³/mol. The number of nitrogens with zero attached hydrogens (tertiary/aromatic N) is 1. The molecule has 0 bridgehead atoms. The highest BCUT2D eigenvalue weighted by Gasteiger charge is 2.07. The molecule has 0 heterocycles.